The Bertz CT molecular complexity index is 907. The average molecular weight is 364 g/mol. The van der Waals surface area contributed by atoms with Crippen LogP contribution in [0.15, 0.2) is 55.1 Å². The lowest BCUT2D eigenvalue weighted by atomic mass is 10.1. The molecule has 1 amide bonds. The summed E-state index contributed by atoms with van der Waals surface area (Å²) in [5.41, 5.74) is 3.26. The molecule has 0 spiro atoms. The lowest BCUT2D eigenvalue weighted by Gasteiger charge is -2.07. The second-order valence-corrected chi connectivity index (χ2v) is 6.37. The van der Waals surface area contributed by atoms with Crippen molar-refractivity contribution in [3.05, 3.63) is 71.8 Å². The van der Waals surface area contributed by atoms with Crippen molar-refractivity contribution in [2.75, 3.05) is 6.79 Å². The molecule has 0 fully saturated rings. The van der Waals surface area contributed by atoms with Crippen molar-refractivity contribution in [1.82, 2.24) is 20.1 Å². The number of amides is 1. The van der Waals surface area contributed by atoms with Crippen molar-refractivity contribution in [3.8, 4) is 11.5 Å². The van der Waals surface area contributed by atoms with E-state index in [1.165, 1.54) is 6.33 Å². The third-order valence-corrected chi connectivity index (χ3v) is 4.40. The Kier molecular flexibility index (Phi) is 5.00. The standard InChI is InChI=1S/C20H20N4O3/c25-20(8-6-15-5-7-18-19(9-15)27-14-26-18)22-10-16-1-3-17(4-2-16)11-24-13-21-12-23-24/h1-5,7,9,12-13H,6,8,10-11,14H2,(H,22,25). The van der Waals surface area contributed by atoms with Crippen molar-refractivity contribution in [2.45, 2.75) is 25.9 Å². The second kappa shape index (κ2) is 7.90. The van der Waals surface area contributed by atoms with Gasteiger partial charge in [0.05, 0.1) is 6.54 Å². The molecule has 2 heterocycles. The first-order valence-corrected chi connectivity index (χ1v) is 8.82. The molecule has 27 heavy (non-hydrogen) atoms. The number of rotatable bonds is 7. The van der Waals surface area contributed by atoms with E-state index < -0.39 is 0 Å². The highest BCUT2D eigenvalue weighted by atomic mass is 16.7. The van der Waals surface area contributed by atoms with Gasteiger partial charge in [-0.3, -0.25) is 4.79 Å². The van der Waals surface area contributed by atoms with E-state index in [1.807, 2.05) is 42.5 Å². The minimum absolute atomic E-state index is 0.0272. The number of fused-ring (bicyclic) bond motifs is 1. The molecule has 1 aliphatic heterocycles. The summed E-state index contributed by atoms with van der Waals surface area (Å²) in [6.07, 6.45) is 4.31. The first-order valence-electron chi connectivity index (χ1n) is 8.82. The fourth-order valence-electron chi connectivity index (χ4n) is 2.91. The monoisotopic (exact) mass is 364 g/mol. The van der Waals surface area contributed by atoms with Gasteiger partial charge in [-0.05, 0) is 35.2 Å². The average Bonchev–Trinajstić information content (AvgIpc) is 3.37. The van der Waals surface area contributed by atoms with Gasteiger partial charge in [0.15, 0.2) is 11.5 Å². The molecular formula is C20H20N4O3. The fraction of sp³-hybridized carbons (Fsp3) is 0.250. The molecule has 0 saturated heterocycles. The minimum atomic E-state index is 0.0272. The van der Waals surface area contributed by atoms with Crippen LogP contribution in [0, 0.1) is 0 Å². The van der Waals surface area contributed by atoms with Crippen LogP contribution >= 0.6 is 0 Å². The Labute approximate surface area is 156 Å². The summed E-state index contributed by atoms with van der Waals surface area (Å²) in [7, 11) is 0. The van der Waals surface area contributed by atoms with Crippen molar-refractivity contribution >= 4 is 5.91 Å². The summed E-state index contributed by atoms with van der Waals surface area (Å²) in [6.45, 7) is 1.46. The molecule has 0 bridgehead atoms. The van der Waals surface area contributed by atoms with Crippen LogP contribution in [-0.4, -0.2) is 27.5 Å². The van der Waals surface area contributed by atoms with Crippen LogP contribution in [-0.2, 0) is 24.3 Å². The molecule has 0 unspecified atom stereocenters. The summed E-state index contributed by atoms with van der Waals surface area (Å²) in [6, 6.07) is 13.9. The first kappa shape index (κ1) is 17.1. The number of ether oxygens (including phenoxy) is 2. The van der Waals surface area contributed by atoms with Gasteiger partial charge in [-0.1, -0.05) is 30.3 Å². The first-order chi connectivity index (χ1) is 13.3. The van der Waals surface area contributed by atoms with E-state index in [0.29, 0.717) is 25.9 Å². The second-order valence-electron chi connectivity index (χ2n) is 6.37. The number of hydrogen-bond acceptors (Lipinski definition) is 5. The minimum Gasteiger partial charge on any atom is -0.454 e. The Morgan fingerprint density at radius 3 is 2.63 bits per heavy atom. The molecule has 1 aliphatic rings. The summed E-state index contributed by atoms with van der Waals surface area (Å²) in [5, 5.41) is 7.06. The number of nitrogens with one attached hydrogen (secondary N) is 1. The highest BCUT2D eigenvalue weighted by molar-refractivity contribution is 5.76. The van der Waals surface area contributed by atoms with E-state index in [2.05, 4.69) is 15.4 Å². The van der Waals surface area contributed by atoms with Gasteiger partial charge < -0.3 is 14.8 Å². The van der Waals surface area contributed by atoms with Crippen LogP contribution in [0.4, 0.5) is 0 Å². The van der Waals surface area contributed by atoms with Crippen molar-refractivity contribution in [2.24, 2.45) is 0 Å². The van der Waals surface area contributed by atoms with Gasteiger partial charge in [0, 0.05) is 13.0 Å². The van der Waals surface area contributed by atoms with Gasteiger partial charge in [-0.15, -0.1) is 0 Å². The smallest absolute Gasteiger partial charge is 0.231 e. The van der Waals surface area contributed by atoms with Gasteiger partial charge in [-0.2, -0.15) is 5.10 Å². The number of benzene rings is 2. The lowest BCUT2D eigenvalue weighted by molar-refractivity contribution is -0.121. The van der Waals surface area contributed by atoms with Gasteiger partial charge in [0.2, 0.25) is 12.7 Å². The van der Waals surface area contributed by atoms with Crippen LogP contribution in [0.5, 0.6) is 11.5 Å². The number of aryl methyl sites for hydroxylation is 1. The Balaban J connectivity index is 1.23. The van der Waals surface area contributed by atoms with E-state index in [0.717, 1.165) is 28.2 Å². The molecule has 0 atom stereocenters. The largest absolute Gasteiger partial charge is 0.454 e. The maximum absolute atomic E-state index is 12.1. The molecule has 0 saturated carbocycles. The topological polar surface area (TPSA) is 78.3 Å². The number of aromatic nitrogens is 3. The van der Waals surface area contributed by atoms with Gasteiger partial charge >= 0.3 is 0 Å². The molecule has 138 valence electrons. The lowest BCUT2D eigenvalue weighted by Crippen LogP contribution is -2.23. The van der Waals surface area contributed by atoms with Gasteiger partial charge in [0.1, 0.15) is 12.7 Å². The normalized spacial score (nSPS) is 12.1. The summed E-state index contributed by atoms with van der Waals surface area (Å²) in [5.74, 6) is 1.54. The van der Waals surface area contributed by atoms with Crippen molar-refractivity contribution < 1.29 is 14.3 Å². The number of hydrogen-bond donors (Lipinski definition) is 1. The third-order valence-electron chi connectivity index (χ3n) is 4.40. The number of nitrogens with zero attached hydrogens (tertiary/aromatic N) is 3. The summed E-state index contributed by atoms with van der Waals surface area (Å²) in [4.78, 5) is 16.0. The third kappa shape index (κ3) is 4.44. The zero-order valence-corrected chi connectivity index (χ0v) is 14.8. The van der Waals surface area contributed by atoms with Crippen LogP contribution in [0.1, 0.15) is 23.1 Å². The SMILES string of the molecule is O=C(CCc1ccc2c(c1)OCO2)NCc1ccc(Cn2cncn2)cc1. The molecule has 0 radical (unpaired) electrons. The molecule has 0 aliphatic carbocycles. The highest BCUT2D eigenvalue weighted by Gasteiger charge is 2.13. The molecular weight excluding hydrogens is 344 g/mol. The maximum Gasteiger partial charge on any atom is 0.231 e. The van der Waals surface area contributed by atoms with Crippen LogP contribution in [0.3, 0.4) is 0 Å². The number of carbonyl (C=O) groups excluding carboxylic acids is 1. The quantitative estimate of drug-likeness (QED) is 0.696. The molecule has 1 N–H and O–H groups in total. The van der Waals surface area contributed by atoms with Crippen molar-refractivity contribution in [3.63, 3.8) is 0 Å². The fourth-order valence-corrected chi connectivity index (χ4v) is 2.91. The maximum atomic E-state index is 12.1. The molecule has 7 heteroatoms. The molecule has 7 nitrogen and oxygen atoms in total. The molecule has 1 aromatic heterocycles. The van der Waals surface area contributed by atoms with E-state index in [-0.39, 0.29) is 12.7 Å². The van der Waals surface area contributed by atoms with Crippen molar-refractivity contribution in [1.29, 1.82) is 0 Å². The predicted molar refractivity (Wildman–Crippen MR) is 98.3 cm³/mol. The van der Waals surface area contributed by atoms with Crippen LogP contribution < -0.4 is 14.8 Å². The van der Waals surface area contributed by atoms with E-state index in [9.17, 15) is 4.79 Å². The predicted octanol–water partition coefficient (Wildman–Crippen LogP) is 2.30. The Morgan fingerprint density at radius 1 is 1.04 bits per heavy atom. The Hall–Kier alpha value is -3.35. The van der Waals surface area contributed by atoms with Crippen LogP contribution in [0.25, 0.3) is 0 Å². The Morgan fingerprint density at radius 2 is 1.81 bits per heavy atom. The van der Waals surface area contributed by atoms with E-state index in [1.54, 1.807) is 11.0 Å². The molecule has 3 aromatic rings. The molecule has 4 rings (SSSR count). The van der Waals surface area contributed by atoms with E-state index in [4.69, 9.17) is 9.47 Å². The van der Waals surface area contributed by atoms with E-state index >= 15 is 0 Å². The van der Waals surface area contributed by atoms with Gasteiger partial charge in [-0.25, -0.2) is 9.67 Å². The zero-order chi connectivity index (χ0) is 18.5. The summed E-state index contributed by atoms with van der Waals surface area (Å²) >= 11 is 0. The molecule has 2 aromatic carbocycles. The van der Waals surface area contributed by atoms with Gasteiger partial charge in [0.25, 0.3) is 0 Å². The summed E-state index contributed by atoms with van der Waals surface area (Å²) < 4.78 is 12.4. The van der Waals surface area contributed by atoms with Crippen LogP contribution in [0.2, 0.25) is 0 Å². The number of carbonyl (C=O) groups is 1. The zero-order valence-electron chi connectivity index (χ0n) is 14.8. The highest BCUT2D eigenvalue weighted by Crippen LogP contribution is 2.32.